The van der Waals surface area contributed by atoms with Crippen LogP contribution in [0.3, 0.4) is 0 Å². The summed E-state index contributed by atoms with van der Waals surface area (Å²) >= 11 is 8.09. The van der Waals surface area contributed by atoms with Crippen LogP contribution in [-0.4, -0.2) is 58.4 Å². The third-order valence-electron chi connectivity index (χ3n) is 6.84. The van der Waals surface area contributed by atoms with Crippen molar-refractivity contribution in [2.45, 2.75) is 36.8 Å². The van der Waals surface area contributed by atoms with Gasteiger partial charge in [-0.25, -0.2) is 4.39 Å². The van der Waals surface area contributed by atoms with Gasteiger partial charge in [0.25, 0.3) is 0 Å². The molecule has 0 spiro atoms. The van der Waals surface area contributed by atoms with E-state index >= 15 is 4.39 Å². The number of pyridine rings is 2. The van der Waals surface area contributed by atoms with Gasteiger partial charge in [-0.1, -0.05) is 11.6 Å². The van der Waals surface area contributed by atoms with Crippen molar-refractivity contribution in [3.63, 3.8) is 0 Å². The van der Waals surface area contributed by atoms with E-state index in [1.165, 1.54) is 6.20 Å². The maximum atomic E-state index is 15.6. The highest BCUT2D eigenvalue weighted by Gasteiger charge is 2.41. The molecule has 3 heterocycles. The van der Waals surface area contributed by atoms with Crippen molar-refractivity contribution in [1.82, 2.24) is 14.9 Å². The zero-order chi connectivity index (χ0) is 24.8. The van der Waals surface area contributed by atoms with Crippen molar-refractivity contribution in [2.24, 2.45) is 5.41 Å². The molecule has 1 saturated heterocycles. The Morgan fingerprint density at radius 2 is 2.11 bits per heavy atom. The average molecular weight is 518 g/mol. The van der Waals surface area contributed by atoms with Crippen LogP contribution >= 0.6 is 23.4 Å². The molecular formula is C26H29ClFN3O3S. The number of rotatable bonds is 10. The van der Waals surface area contributed by atoms with Crippen LogP contribution in [0.1, 0.15) is 37.4 Å². The number of aliphatic carboxylic acids is 1. The fourth-order valence-corrected chi connectivity index (χ4v) is 5.83. The molecule has 1 aliphatic heterocycles. The molecule has 0 bridgehead atoms. The first-order chi connectivity index (χ1) is 16.9. The second kappa shape index (κ2) is 11.5. The summed E-state index contributed by atoms with van der Waals surface area (Å²) < 4.78 is 20.9. The Hall–Kier alpha value is -2.42. The Balaban J connectivity index is 1.38. The van der Waals surface area contributed by atoms with Crippen LogP contribution in [0.15, 0.2) is 53.8 Å². The molecule has 0 amide bonds. The molecule has 1 atom stereocenters. The SMILES string of the molecule is COc1ccc2ncc(Cl)c(C(F)CCC3(C(=O)O)CCN(CCSc4cccnc4)CC3)c2c1. The lowest BCUT2D eigenvalue weighted by Crippen LogP contribution is -2.45. The number of benzene rings is 1. The summed E-state index contributed by atoms with van der Waals surface area (Å²) in [5.41, 5.74) is 0.0453. The van der Waals surface area contributed by atoms with Crippen molar-refractivity contribution in [3.8, 4) is 5.75 Å². The summed E-state index contributed by atoms with van der Waals surface area (Å²) in [5, 5.41) is 10.9. The Morgan fingerprint density at radius 3 is 2.80 bits per heavy atom. The number of nitrogens with zero attached hydrogens (tertiary/aromatic N) is 3. The van der Waals surface area contributed by atoms with E-state index in [0.717, 1.165) is 17.2 Å². The Kier molecular flexibility index (Phi) is 8.46. The molecule has 0 aliphatic carbocycles. The first kappa shape index (κ1) is 25.7. The number of carbonyl (C=O) groups is 1. The average Bonchev–Trinajstić information content (AvgIpc) is 2.88. The summed E-state index contributed by atoms with van der Waals surface area (Å²) in [4.78, 5) is 24.1. The Morgan fingerprint density at radius 1 is 1.31 bits per heavy atom. The molecule has 1 N–H and O–H groups in total. The molecule has 4 rings (SSSR count). The van der Waals surface area contributed by atoms with Gasteiger partial charge in [0.2, 0.25) is 0 Å². The number of carboxylic acids is 1. The lowest BCUT2D eigenvalue weighted by Gasteiger charge is -2.39. The molecule has 2 aromatic heterocycles. The zero-order valence-corrected chi connectivity index (χ0v) is 21.2. The maximum absolute atomic E-state index is 15.6. The normalized spacial score (nSPS) is 16.8. The van der Waals surface area contributed by atoms with Crippen LogP contribution in [0.5, 0.6) is 5.75 Å². The van der Waals surface area contributed by atoms with Gasteiger partial charge < -0.3 is 14.7 Å². The molecule has 1 aromatic carbocycles. The number of halogens is 2. The first-order valence-corrected chi connectivity index (χ1v) is 13.0. The predicted octanol–water partition coefficient (Wildman–Crippen LogP) is 6.04. The molecule has 186 valence electrons. The number of aromatic nitrogens is 2. The first-order valence-electron chi connectivity index (χ1n) is 11.7. The monoisotopic (exact) mass is 517 g/mol. The van der Waals surface area contributed by atoms with Gasteiger partial charge in [0, 0.05) is 46.7 Å². The van der Waals surface area contributed by atoms with Crippen LogP contribution in [0.4, 0.5) is 4.39 Å². The van der Waals surface area contributed by atoms with Crippen molar-refractivity contribution in [1.29, 1.82) is 0 Å². The maximum Gasteiger partial charge on any atom is 0.309 e. The van der Waals surface area contributed by atoms with Crippen LogP contribution < -0.4 is 4.74 Å². The zero-order valence-electron chi connectivity index (χ0n) is 19.6. The molecule has 0 radical (unpaired) electrons. The minimum atomic E-state index is -1.40. The summed E-state index contributed by atoms with van der Waals surface area (Å²) in [6, 6.07) is 9.21. The fraction of sp³-hybridized carbons (Fsp3) is 0.423. The minimum absolute atomic E-state index is 0.0825. The van der Waals surface area contributed by atoms with Gasteiger partial charge in [0.05, 0.1) is 23.1 Å². The van der Waals surface area contributed by atoms with E-state index in [9.17, 15) is 9.90 Å². The van der Waals surface area contributed by atoms with E-state index in [-0.39, 0.29) is 17.9 Å². The number of carboxylic acid groups (broad SMARTS) is 1. The molecule has 0 saturated carbocycles. The van der Waals surface area contributed by atoms with Gasteiger partial charge in [-0.2, -0.15) is 0 Å². The standard InChI is InChI=1S/C26H29ClFN3O3S/c1-34-18-4-5-23-20(15-18)24(21(27)17-30-23)22(28)6-7-26(25(32)33)8-11-31(12-9-26)13-14-35-19-3-2-10-29-16-19/h2-5,10,15-17,22H,6-9,11-14H2,1H3,(H,32,33). The van der Waals surface area contributed by atoms with Crippen molar-refractivity contribution in [3.05, 3.63) is 59.5 Å². The van der Waals surface area contributed by atoms with Gasteiger partial charge >= 0.3 is 5.97 Å². The van der Waals surface area contributed by atoms with E-state index in [0.29, 0.717) is 48.1 Å². The summed E-state index contributed by atoms with van der Waals surface area (Å²) in [6.45, 7) is 2.25. The number of ether oxygens (including phenoxy) is 1. The highest BCUT2D eigenvalue weighted by atomic mass is 35.5. The van der Waals surface area contributed by atoms with Crippen molar-refractivity contribution in [2.75, 3.05) is 32.5 Å². The summed E-state index contributed by atoms with van der Waals surface area (Å²) in [6.07, 6.45) is 5.00. The van der Waals surface area contributed by atoms with E-state index in [4.69, 9.17) is 16.3 Å². The lowest BCUT2D eigenvalue weighted by molar-refractivity contribution is -0.153. The third-order valence-corrected chi connectivity index (χ3v) is 8.10. The summed E-state index contributed by atoms with van der Waals surface area (Å²) in [5.74, 6) is 0.655. The van der Waals surface area contributed by atoms with Crippen LogP contribution in [-0.2, 0) is 4.79 Å². The molecule has 6 nitrogen and oxygen atoms in total. The van der Waals surface area contributed by atoms with Gasteiger partial charge in [0.15, 0.2) is 0 Å². The quantitative estimate of drug-likeness (QED) is 0.328. The van der Waals surface area contributed by atoms with Crippen molar-refractivity contribution >= 4 is 40.2 Å². The Labute approximate surface area is 213 Å². The van der Waals surface area contributed by atoms with Crippen LogP contribution in [0, 0.1) is 5.41 Å². The lowest BCUT2D eigenvalue weighted by atomic mass is 9.74. The number of piperidine rings is 1. The second-order valence-electron chi connectivity index (χ2n) is 8.87. The molecule has 1 unspecified atom stereocenters. The molecule has 9 heteroatoms. The second-order valence-corrected chi connectivity index (χ2v) is 10.4. The van der Waals surface area contributed by atoms with E-state index in [1.807, 2.05) is 18.3 Å². The van der Waals surface area contributed by atoms with E-state index in [1.54, 1.807) is 43.3 Å². The largest absolute Gasteiger partial charge is 0.497 e. The molecule has 35 heavy (non-hydrogen) atoms. The number of alkyl halides is 1. The summed E-state index contributed by atoms with van der Waals surface area (Å²) in [7, 11) is 1.55. The van der Waals surface area contributed by atoms with Gasteiger partial charge in [0.1, 0.15) is 11.9 Å². The van der Waals surface area contributed by atoms with E-state index in [2.05, 4.69) is 14.9 Å². The smallest absolute Gasteiger partial charge is 0.309 e. The van der Waals surface area contributed by atoms with Gasteiger partial charge in [-0.15, -0.1) is 11.8 Å². The number of hydrogen-bond acceptors (Lipinski definition) is 6. The van der Waals surface area contributed by atoms with Crippen LogP contribution in [0.2, 0.25) is 5.02 Å². The highest BCUT2D eigenvalue weighted by Crippen LogP contribution is 2.42. The molecule has 1 fully saturated rings. The topological polar surface area (TPSA) is 75.6 Å². The third kappa shape index (κ3) is 6.05. The van der Waals surface area contributed by atoms with E-state index < -0.39 is 17.6 Å². The number of hydrogen-bond donors (Lipinski definition) is 1. The fourth-order valence-electron chi connectivity index (χ4n) is 4.66. The Bertz CT molecular complexity index is 1160. The number of fused-ring (bicyclic) bond motifs is 1. The minimum Gasteiger partial charge on any atom is -0.497 e. The predicted molar refractivity (Wildman–Crippen MR) is 137 cm³/mol. The number of methoxy groups -OCH3 is 1. The molecule has 3 aromatic rings. The van der Waals surface area contributed by atoms with Gasteiger partial charge in [-0.3, -0.25) is 14.8 Å². The van der Waals surface area contributed by atoms with Crippen molar-refractivity contribution < 1.29 is 19.0 Å². The van der Waals surface area contributed by atoms with Crippen LogP contribution in [0.25, 0.3) is 10.9 Å². The molecule has 1 aliphatic rings. The molecular weight excluding hydrogens is 489 g/mol. The number of likely N-dealkylation sites (tertiary alicyclic amines) is 1. The number of thioether (sulfide) groups is 1. The highest BCUT2D eigenvalue weighted by molar-refractivity contribution is 7.99. The van der Waals surface area contributed by atoms with Gasteiger partial charge in [-0.05, 0) is 69.1 Å².